The van der Waals surface area contributed by atoms with E-state index >= 15 is 0 Å². The first-order valence-electron chi connectivity index (χ1n) is 9.32. The number of amides is 1. The number of benzene rings is 1. The van der Waals surface area contributed by atoms with Gasteiger partial charge in [0.05, 0.1) is 6.54 Å². The number of carbonyl (C=O) groups is 1. The van der Waals surface area contributed by atoms with Gasteiger partial charge in [-0.05, 0) is 49.9 Å². The zero-order valence-corrected chi connectivity index (χ0v) is 15.2. The summed E-state index contributed by atoms with van der Waals surface area (Å²) in [5, 5.41) is 3.43. The molecule has 1 spiro atoms. The Labute approximate surface area is 154 Å². The number of aryl methyl sites for hydroxylation is 1. The highest BCUT2D eigenvalue weighted by Gasteiger charge is 2.57. The molecule has 1 atom stereocenters. The molecule has 1 saturated heterocycles. The van der Waals surface area contributed by atoms with Gasteiger partial charge in [-0.15, -0.1) is 0 Å². The van der Waals surface area contributed by atoms with Gasteiger partial charge in [0, 0.05) is 25.5 Å². The molecule has 1 aromatic heterocycles. The summed E-state index contributed by atoms with van der Waals surface area (Å²) in [4.78, 5) is 19.4. The van der Waals surface area contributed by atoms with E-state index in [0.717, 1.165) is 43.9 Å². The summed E-state index contributed by atoms with van der Waals surface area (Å²) in [6.45, 7) is 2.70. The molecule has 1 unspecified atom stereocenters. The predicted molar refractivity (Wildman–Crippen MR) is 98.6 cm³/mol. The average molecular weight is 354 g/mol. The molecule has 6 nitrogen and oxygen atoms in total. The van der Waals surface area contributed by atoms with E-state index in [9.17, 15) is 4.79 Å². The second-order valence-electron chi connectivity index (χ2n) is 7.41. The van der Waals surface area contributed by atoms with E-state index < -0.39 is 0 Å². The van der Waals surface area contributed by atoms with Gasteiger partial charge in [0.25, 0.3) is 5.91 Å². The Morgan fingerprint density at radius 2 is 2.12 bits per heavy atom. The van der Waals surface area contributed by atoms with Crippen molar-refractivity contribution >= 4 is 5.91 Å². The first-order valence-corrected chi connectivity index (χ1v) is 9.32. The summed E-state index contributed by atoms with van der Waals surface area (Å²) < 4.78 is 7.70. The van der Waals surface area contributed by atoms with Crippen LogP contribution in [0.4, 0.5) is 0 Å². The summed E-state index contributed by atoms with van der Waals surface area (Å²) in [6.07, 6.45) is 7.08. The van der Waals surface area contributed by atoms with Crippen LogP contribution in [0.25, 0.3) is 0 Å². The normalized spacial score (nSPS) is 20.7. The number of para-hydroxylation sites is 1. The number of ether oxygens (including phenoxy) is 1. The molecule has 138 valence electrons. The monoisotopic (exact) mass is 354 g/mol. The van der Waals surface area contributed by atoms with Crippen molar-refractivity contribution in [3.63, 3.8) is 0 Å². The van der Waals surface area contributed by atoms with Gasteiger partial charge in [0.2, 0.25) is 0 Å². The Bertz CT molecular complexity index is 752. The number of carbonyl (C=O) groups excluding carboxylic acids is 1. The fourth-order valence-electron chi connectivity index (χ4n) is 4.05. The molecule has 6 heteroatoms. The van der Waals surface area contributed by atoms with Crippen molar-refractivity contribution in [3.8, 4) is 5.75 Å². The van der Waals surface area contributed by atoms with Crippen molar-refractivity contribution in [3.05, 3.63) is 48.5 Å². The zero-order valence-electron chi connectivity index (χ0n) is 15.2. The molecule has 1 aromatic carbocycles. The van der Waals surface area contributed by atoms with E-state index in [1.807, 2.05) is 53.0 Å². The van der Waals surface area contributed by atoms with Crippen LogP contribution in [0.15, 0.2) is 42.7 Å². The van der Waals surface area contributed by atoms with Gasteiger partial charge in [-0.1, -0.05) is 18.2 Å². The highest BCUT2D eigenvalue weighted by molar-refractivity contribution is 5.78. The molecule has 2 heterocycles. The van der Waals surface area contributed by atoms with E-state index in [2.05, 4.69) is 10.3 Å². The number of piperidine rings is 1. The Morgan fingerprint density at radius 1 is 1.35 bits per heavy atom. The highest BCUT2D eigenvalue weighted by Crippen LogP contribution is 2.56. The van der Waals surface area contributed by atoms with Gasteiger partial charge in [-0.2, -0.15) is 0 Å². The fourth-order valence-corrected chi connectivity index (χ4v) is 4.05. The molecular formula is C20H26N4O2. The van der Waals surface area contributed by atoms with E-state index in [1.54, 1.807) is 6.20 Å². The van der Waals surface area contributed by atoms with Crippen molar-refractivity contribution in [2.24, 2.45) is 12.5 Å². The van der Waals surface area contributed by atoms with Crippen molar-refractivity contribution in [1.29, 1.82) is 0 Å². The number of nitrogens with one attached hydrogen (secondary N) is 1. The largest absolute Gasteiger partial charge is 0.484 e. The number of imidazole rings is 1. The number of nitrogens with zero attached hydrogens (tertiary/aromatic N) is 3. The third-order valence-electron chi connectivity index (χ3n) is 5.78. The Morgan fingerprint density at radius 3 is 2.81 bits per heavy atom. The molecule has 1 N–H and O–H groups in total. The smallest absolute Gasteiger partial charge is 0.261 e. The molecule has 2 aromatic rings. The standard InChI is InChI=1S/C20H26N4O2/c1-23-12-11-22-18(23)14-24(17-13-20(17)7-9-21-10-8-20)19(25)15-26-16-5-3-2-4-6-16/h2-6,11-12,17,21H,7-10,13-15H2,1H3. The molecule has 4 rings (SSSR count). The van der Waals surface area contributed by atoms with E-state index in [-0.39, 0.29) is 12.5 Å². The van der Waals surface area contributed by atoms with Gasteiger partial charge in [0.15, 0.2) is 6.61 Å². The summed E-state index contributed by atoms with van der Waals surface area (Å²) in [5.74, 6) is 1.68. The Balaban J connectivity index is 1.47. The summed E-state index contributed by atoms with van der Waals surface area (Å²) >= 11 is 0. The van der Waals surface area contributed by atoms with E-state index in [4.69, 9.17) is 4.74 Å². The molecule has 2 fully saturated rings. The summed E-state index contributed by atoms with van der Waals surface area (Å²) in [7, 11) is 1.97. The van der Waals surface area contributed by atoms with Crippen molar-refractivity contribution < 1.29 is 9.53 Å². The van der Waals surface area contributed by atoms with Crippen LogP contribution in [-0.4, -0.2) is 46.1 Å². The summed E-state index contributed by atoms with van der Waals surface area (Å²) in [6, 6.07) is 9.82. The first kappa shape index (κ1) is 17.1. The third-order valence-corrected chi connectivity index (χ3v) is 5.78. The van der Waals surface area contributed by atoms with Crippen LogP contribution in [0.5, 0.6) is 5.75 Å². The molecule has 1 aliphatic carbocycles. The fraction of sp³-hybridized carbons (Fsp3) is 0.500. The van der Waals surface area contributed by atoms with Crippen LogP contribution in [0.3, 0.4) is 0 Å². The van der Waals surface area contributed by atoms with Crippen LogP contribution in [0, 0.1) is 5.41 Å². The second-order valence-corrected chi connectivity index (χ2v) is 7.41. The van der Waals surface area contributed by atoms with Crippen LogP contribution < -0.4 is 10.1 Å². The van der Waals surface area contributed by atoms with Gasteiger partial charge >= 0.3 is 0 Å². The molecule has 2 aliphatic rings. The average Bonchev–Trinajstić information content (AvgIpc) is 3.18. The van der Waals surface area contributed by atoms with Gasteiger partial charge in [-0.25, -0.2) is 4.98 Å². The molecule has 0 radical (unpaired) electrons. The maximum absolute atomic E-state index is 13.0. The van der Waals surface area contributed by atoms with E-state index in [0.29, 0.717) is 18.0 Å². The second kappa shape index (κ2) is 7.11. The molecule has 26 heavy (non-hydrogen) atoms. The third kappa shape index (κ3) is 3.46. The number of hydrogen-bond acceptors (Lipinski definition) is 4. The van der Waals surface area contributed by atoms with Crippen molar-refractivity contribution in [1.82, 2.24) is 19.8 Å². The minimum Gasteiger partial charge on any atom is -0.484 e. The zero-order chi connectivity index (χ0) is 18.0. The quantitative estimate of drug-likeness (QED) is 0.862. The Kier molecular flexibility index (Phi) is 4.68. The predicted octanol–water partition coefficient (Wildman–Crippen LogP) is 1.97. The van der Waals surface area contributed by atoms with Crippen LogP contribution in [0.1, 0.15) is 25.1 Å². The maximum atomic E-state index is 13.0. The lowest BCUT2D eigenvalue weighted by atomic mass is 9.93. The maximum Gasteiger partial charge on any atom is 0.261 e. The lowest BCUT2D eigenvalue weighted by Gasteiger charge is -2.29. The van der Waals surface area contributed by atoms with Crippen molar-refractivity contribution in [2.45, 2.75) is 31.8 Å². The molecule has 1 saturated carbocycles. The highest BCUT2D eigenvalue weighted by atomic mass is 16.5. The minimum atomic E-state index is 0.0391. The number of aromatic nitrogens is 2. The van der Waals surface area contributed by atoms with Gasteiger partial charge < -0.3 is 19.5 Å². The lowest BCUT2D eigenvalue weighted by Crippen LogP contribution is -2.41. The summed E-state index contributed by atoms with van der Waals surface area (Å²) in [5.41, 5.74) is 0.290. The topological polar surface area (TPSA) is 59.4 Å². The SMILES string of the molecule is Cn1ccnc1CN(C(=O)COc1ccccc1)C1CC12CCNCC2. The van der Waals surface area contributed by atoms with E-state index in [1.165, 1.54) is 0 Å². The van der Waals surface area contributed by atoms with Crippen molar-refractivity contribution in [2.75, 3.05) is 19.7 Å². The van der Waals surface area contributed by atoms with Crippen LogP contribution in [0.2, 0.25) is 0 Å². The molecular weight excluding hydrogens is 328 g/mol. The molecule has 0 bridgehead atoms. The number of rotatable bonds is 6. The number of hydrogen-bond donors (Lipinski definition) is 1. The van der Waals surface area contributed by atoms with Crippen LogP contribution >= 0.6 is 0 Å². The van der Waals surface area contributed by atoms with Gasteiger partial charge in [0.1, 0.15) is 11.6 Å². The minimum absolute atomic E-state index is 0.0391. The van der Waals surface area contributed by atoms with Crippen LogP contribution in [-0.2, 0) is 18.4 Å². The molecule has 1 aliphatic heterocycles. The first-order chi connectivity index (χ1) is 12.7. The molecule has 1 amide bonds. The lowest BCUT2D eigenvalue weighted by molar-refractivity contribution is -0.135. The van der Waals surface area contributed by atoms with Gasteiger partial charge in [-0.3, -0.25) is 4.79 Å². The Hall–Kier alpha value is -2.34.